The molecule has 0 bridgehead atoms. The summed E-state index contributed by atoms with van der Waals surface area (Å²) in [6, 6.07) is 0. The molecule has 0 aromatic heterocycles. The summed E-state index contributed by atoms with van der Waals surface area (Å²) in [4.78, 5) is 23.0. The van der Waals surface area contributed by atoms with Gasteiger partial charge >= 0.3 is 5.97 Å². The van der Waals surface area contributed by atoms with Crippen molar-refractivity contribution in [3.63, 3.8) is 0 Å². The van der Waals surface area contributed by atoms with Crippen molar-refractivity contribution >= 4 is 11.9 Å². The van der Waals surface area contributed by atoms with Gasteiger partial charge in [0, 0.05) is 12.0 Å². The van der Waals surface area contributed by atoms with Crippen LogP contribution in [0.4, 0.5) is 0 Å². The van der Waals surface area contributed by atoms with Gasteiger partial charge in [-0.25, -0.2) is 0 Å². The van der Waals surface area contributed by atoms with Crippen LogP contribution >= 0.6 is 0 Å². The molecule has 0 heterocycles. The monoisotopic (exact) mass is 426 g/mol. The number of allylic oxidation sites excluding steroid dienone is 1. The standard InChI is InChI=1S/C16H32O2.C9H18N2O/c1-2-3-4-5-6-7-8-9-10-11-12-13-14-15-16(17)18;1-8(9(10)12)6-4-5-7-11(2)3/h2-15H2,1H3,(H,17,18);6H,4-5,7H2,1-3H3,(H2,10,12). The number of hydrogen-bond donors (Lipinski definition) is 2. The first-order chi connectivity index (χ1) is 14.3. The van der Waals surface area contributed by atoms with Gasteiger partial charge in [-0.05, 0) is 46.8 Å². The van der Waals surface area contributed by atoms with E-state index in [0.29, 0.717) is 12.0 Å². The molecular weight excluding hydrogens is 376 g/mol. The Morgan fingerprint density at radius 1 is 0.800 bits per heavy atom. The number of amides is 1. The first kappa shape index (κ1) is 30.8. The van der Waals surface area contributed by atoms with E-state index in [-0.39, 0.29) is 5.91 Å². The van der Waals surface area contributed by atoms with E-state index in [9.17, 15) is 9.59 Å². The third kappa shape index (κ3) is 28.8. The highest BCUT2D eigenvalue weighted by molar-refractivity contribution is 5.91. The van der Waals surface area contributed by atoms with E-state index in [1.54, 1.807) is 6.92 Å². The number of unbranched alkanes of at least 4 members (excludes halogenated alkanes) is 13. The number of primary amides is 1. The average Bonchev–Trinajstić information content (AvgIpc) is 2.68. The van der Waals surface area contributed by atoms with Gasteiger partial charge in [0.2, 0.25) is 5.91 Å². The molecule has 5 heteroatoms. The summed E-state index contributed by atoms with van der Waals surface area (Å²) in [6.45, 7) is 5.05. The van der Waals surface area contributed by atoms with Crippen molar-refractivity contribution in [1.29, 1.82) is 0 Å². The van der Waals surface area contributed by atoms with Crippen molar-refractivity contribution in [2.75, 3.05) is 20.6 Å². The zero-order valence-electron chi connectivity index (χ0n) is 20.4. The molecule has 30 heavy (non-hydrogen) atoms. The number of aliphatic carboxylic acids is 1. The minimum atomic E-state index is -0.655. The highest BCUT2D eigenvalue weighted by atomic mass is 16.4. The highest BCUT2D eigenvalue weighted by Crippen LogP contribution is 2.12. The van der Waals surface area contributed by atoms with Gasteiger partial charge in [0.15, 0.2) is 0 Å². The molecule has 0 rings (SSSR count). The molecule has 0 fully saturated rings. The number of nitrogens with two attached hydrogens (primary N) is 1. The quantitative estimate of drug-likeness (QED) is 0.187. The zero-order valence-corrected chi connectivity index (χ0v) is 20.4. The van der Waals surface area contributed by atoms with Crippen molar-refractivity contribution in [2.24, 2.45) is 5.73 Å². The molecule has 3 N–H and O–H groups in total. The lowest BCUT2D eigenvalue weighted by molar-refractivity contribution is -0.137. The summed E-state index contributed by atoms with van der Waals surface area (Å²) in [5, 5.41) is 8.49. The van der Waals surface area contributed by atoms with Crippen LogP contribution in [0.3, 0.4) is 0 Å². The van der Waals surface area contributed by atoms with Gasteiger partial charge in [0.05, 0.1) is 0 Å². The largest absolute Gasteiger partial charge is 0.481 e. The van der Waals surface area contributed by atoms with Gasteiger partial charge in [0.1, 0.15) is 0 Å². The smallest absolute Gasteiger partial charge is 0.303 e. The normalized spacial score (nSPS) is 11.3. The lowest BCUT2D eigenvalue weighted by atomic mass is 10.0. The van der Waals surface area contributed by atoms with E-state index in [2.05, 4.69) is 11.8 Å². The maximum atomic E-state index is 10.6. The van der Waals surface area contributed by atoms with Crippen LogP contribution in [0.15, 0.2) is 11.6 Å². The van der Waals surface area contributed by atoms with E-state index in [0.717, 1.165) is 32.2 Å². The summed E-state index contributed by atoms with van der Waals surface area (Å²) < 4.78 is 0. The Morgan fingerprint density at radius 2 is 1.23 bits per heavy atom. The van der Waals surface area contributed by atoms with Gasteiger partial charge in [-0.2, -0.15) is 0 Å². The summed E-state index contributed by atoms with van der Waals surface area (Å²) in [5.41, 5.74) is 5.72. The van der Waals surface area contributed by atoms with E-state index in [1.807, 2.05) is 20.2 Å². The number of carbonyl (C=O) groups excluding carboxylic acids is 1. The molecule has 0 unspecified atom stereocenters. The van der Waals surface area contributed by atoms with Crippen LogP contribution in [-0.2, 0) is 9.59 Å². The van der Waals surface area contributed by atoms with Crippen LogP contribution in [0.2, 0.25) is 0 Å². The van der Waals surface area contributed by atoms with Crippen molar-refractivity contribution in [2.45, 2.75) is 117 Å². The number of carboxylic acid groups (broad SMARTS) is 1. The molecule has 0 saturated carbocycles. The van der Waals surface area contributed by atoms with Gasteiger partial charge in [-0.3, -0.25) is 9.59 Å². The molecule has 0 aliphatic carbocycles. The SMILES string of the molecule is CC(=CCCCN(C)C)C(N)=O.CCCCCCCCCCCCCCCC(=O)O. The Labute approximate surface area is 186 Å². The second-order valence-electron chi connectivity index (χ2n) is 8.58. The Balaban J connectivity index is 0. The second-order valence-corrected chi connectivity index (χ2v) is 8.58. The molecule has 178 valence electrons. The average molecular weight is 427 g/mol. The fraction of sp³-hybridized carbons (Fsp3) is 0.840. The van der Waals surface area contributed by atoms with Crippen molar-refractivity contribution < 1.29 is 14.7 Å². The lowest BCUT2D eigenvalue weighted by Crippen LogP contribution is -2.13. The minimum absolute atomic E-state index is 0.320. The molecule has 0 aliphatic heterocycles. The third-order valence-corrected chi connectivity index (χ3v) is 5.14. The Bertz CT molecular complexity index is 434. The molecule has 0 saturated heterocycles. The summed E-state index contributed by atoms with van der Waals surface area (Å²) in [6.07, 6.45) is 21.2. The Kier molecular flexibility index (Phi) is 24.6. The van der Waals surface area contributed by atoms with E-state index >= 15 is 0 Å². The van der Waals surface area contributed by atoms with Crippen molar-refractivity contribution in [3.05, 3.63) is 11.6 Å². The van der Waals surface area contributed by atoms with Crippen LogP contribution < -0.4 is 5.73 Å². The minimum Gasteiger partial charge on any atom is -0.481 e. The number of hydrogen-bond acceptors (Lipinski definition) is 3. The second kappa shape index (κ2) is 23.9. The van der Waals surface area contributed by atoms with Crippen LogP contribution in [0, 0.1) is 0 Å². The molecular formula is C25H50N2O3. The number of rotatable bonds is 19. The number of carboxylic acids is 1. The van der Waals surface area contributed by atoms with Crippen LogP contribution in [-0.4, -0.2) is 42.5 Å². The van der Waals surface area contributed by atoms with Crippen LogP contribution in [0.5, 0.6) is 0 Å². The fourth-order valence-electron chi connectivity index (χ4n) is 3.12. The first-order valence-electron chi connectivity index (χ1n) is 12.1. The maximum absolute atomic E-state index is 10.6. The number of nitrogens with zero attached hydrogens (tertiary/aromatic N) is 1. The molecule has 0 spiro atoms. The lowest BCUT2D eigenvalue weighted by Gasteiger charge is -2.06. The molecule has 0 radical (unpaired) electrons. The van der Waals surface area contributed by atoms with E-state index in [4.69, 9.17) is 10.8 Å². The van der Waals surface area contributed by atoms with Crippen molar-refractivity contribution in [1.82, 2.24) is 4.90 Å². The van der Waals surface area contributed by atoms with E-state index in [1.165, 1.54) is 70.6 Å². The fourth-order valence-corrected chi connectivity index (χ4v) is 3.12. The summed E-state index contributed by atoms with van der Waals surface area (Å²) in [5.74, 6) is -0.974. The summed E-state index contributed by atoms with van der Waals surface area (Å²) >= 11 is 0. The van der Waals surface area contributed by atoms with Gasteiger partial charge < -0.3 is 15.7 Å². The molecule has 0 aromatic carbocycles. The first-order valence-corrected chi connectivity index (χ1v) is 12.1. The topological polar surface area (TPSA) is 83.6 Å². The van der Waals surface area contributed by atoms with Gasteiger partial charge in [-0.15, -0.1) is 0 Å². The predicted octanol–water partition coefficient (Wildman–Crippen LogP) is 6.31. The molecule has 0 aliphatic rings. The van der Waals surface area contributed by atoms with Gasteiger partial charge in [-0.1, -0.05) is 90.0 Å². The summed E-state index contributed by atoms with van der Waals surface area (Å²) in [7, 11) is 4.06. The third-order valence-electron chi connectivity index (χ3n) is 5.14. The zero-order chi connectivity index (χ0) is 23.0. The van der Waals surface area contributed by atoms with E-state index < -0.39 is 5.97 Å². The molecule has 0 aromatic rings. The molecule has 0 atom stereocenters. The Morgan fingerprint density at radius 3 is 1.60 bits per heavy atom. The van der Waals surface area contributed by atoms with Crippen LogP contribution in [0.1, 0.15) is 117 Å². The molecule has 5 nitrogen and oxygen atoms in total. The predicted molar refractivity (Wildman–Crippen MR) is 129 cm³/mol. The highest BCUT2D eigenvalue weighted by Gasteiger charge is 1.97. The Hall–Kier alpha value is -1.36. The number of carbonyl (C=O) groups is 2. The van der Waals surface area contributed by atoms with Gasteiger partial charge in [0.25, 0.3) is 0 Å². The van der Waals surface area contributed by atoms with Crippen molar-refractivity contribution in [3.8, 4) is 0 Å². The van der Waals surface area contributed by atoms with Crippen LogP contribution in [0.25, 0.3) is 0 Å². The molecule has 1 amide bonds. The maximum Gasteiger partial charge on any atom is 0.303 e.